The summed E-state index contributed by atoms with van der Waals surface area (Å²) in [5.74, 6) is -0.834. The summed E-state index contributed by atoms with van der Waals surface area (Å²) in [6, 6.07) is 13.8. The van der Waals surface area contributed by atoms with Crippen LogP contribution >= 0.6 is 11.6 Å². The molecule has 0 saturated heterocycles. The molecule has 8 nitrogen and oxygen atoms in total. The minimum absolute atomic E-state index is 0.0252. The lowest BCUT2D eigenvalue weighted by molar-refractivity contribution is -0.148. The molecule has 1 aliphatic heterocycles. The van der Waals surface area contributed by atoms with E-state index in [1.807, 2.05) is 0 Å². The van der Waals surface area contributed by atoms with E-state index in [0.717, 1.165) is 5.39 Å². The number of fused-ring (bicyclic) bond motifs is 2. The second-order valence-electron chi connectivity index (χ2n) is 6.69. The minimum atomic E-state index is -0.970. The Balaban J connectivity index is 1.67. The number of aromatic nitrogens is 2. The van der Waals surface area contributed by atoms with Gasteiger partial charge in [0.1, 0.15) is 11.0 Å². The van der Waals surface area contributed by atoms with Crippen molar-refractivity contribution < 1.29 is 19.1 Å². The largest absolute Gasteiger partial charge is 0.437 e. The summed E-state index contributed by atoms with van der Waals surface area (Å²) in [4.78, 5) is 46.4. The van der Waals surface area contributed by atoms with Gasteiger partial charge in [0.25, 0.3) is 5.91 Å². The van der Waals surface area contributed by atoms with Crippen LogP contribution in [0.15, 0.2) is 48.5 Å². The SMILES string of the molecule is CC(=O)NCCC(=O)OC1c2ccccc2C(=O)N1c1ccc2ccc(Cl)nc2n1. The van der Waals surface area contributed by atoms with E-state index in [9.17, 15) is 14.4 Å². The first-order valence-electron chi connectivity index (χ1n) is 9.24. The number of hydrogen-bond acceptors (Lipinski definition) is 6. The zero-order valence-corrected chi connectivity index (χ0v) is 16.7. The van der Waals surface area contributed by atoms with Gasteiger partial charge in [0.05, 0.1) is 6.42 Å². The van der Waals surface area contributed by atoms with Crippen molar-refractivity contribution >= 4 is 46.2 Å². The highest BCUT2D eigenvalue weighted by Crippen LogP contribution is 2.38. The maximum absolute atomic E-state index is 13.1. The highest BCUT2D eigenvalue weighted by atomic mass is 35.5. The summed E-state index contributed by atoms with van der Waals surface area (Å²) in [6.45, 7) is 1.51. The van der Waals surface area contributed by atoms with Crippen molar-refractivity contribution in [2.45, 2.75) is 19.6 Å². The molecule has 152 valence electrons. The molecule has 1 aliphatic rings. The summed E-state index contributed by atoms with van der Waals surface area (Å²) < 4.78 is 5.62. The van der Waals surface area contributed by atoms with Crippen LogP contribution in [0.3, 0.4) is 0 Å². The first kappa shape index (κ1) is 19.8. The maximum atomic E-state index is 13.1. The van der Waals surface area contributed by atoms with Crippen LogP contribution in [0.25, 0.3) is 11.0 Å². The minimum Gasteiger partial charge on any atom is -0.437 e. The number of hydrogen-bond donors (Lipinski definition) is 1. The summed E-state index contributed by atoms with van der Waals surface area (Å²) in [7, 11) is 0. The number of amides is 2. The molecule has 2 amide bonds. The topological polar surface area (TPSA) is 101 Å². The molecule has 0 radical (unpaired) electrons. The van der Waals surface area contributed by atoms with E-state index in [-0.39, 0.29) is 35.8 Å². The van der Waals surface area contributed by atoms with Crippen LogP contribution in [0.5, 0.6) is 0 Å². The molecule has 0 bridgehead atoms. The van der Waals surface area contributed by atoms with Crippen molar-refractivity contribution in [2.75, 3.05) is 11.4 Å². The van der Waals surface area contributed by atoms with Gasteiger partial charge in [-0.15, -0.1) is 0 Å². The Hall–Kier alpha value is -3.52. The van der Waals surface area contributed by atoms with Crippen molar-refractivity contribution in [3.8, 4) is 0 Å². The van der Waals surface area contributed by atoms with Gasteiger partial charge < -0.3 is 10.1 Å². The summed E-state index contributed by atoms with van der Waals surface area (Å²) in [5, 5.41) is 3.59. The summed E-state index contributed by atoms with van der Waals surface area (Å²) >= 11 is 5.97. The van der Waals surface area contributed by atoms with Gasteiger partial charge in [-0.2, -0.15) is 0 Å². The summed E-state index contributed by atoms with van der Waals surface area (Å²) in [6.07, 6.45) is -0.995. The Morgan fingerprint density at radius 1 is 1.13 bits per heavy atom. The van der Waals surface area contributed by atoms with Gasteiger partial charge in [-0.25, -0.2) is 9.97 Å². The van der Waals surface area contributed by atoms with E-state index < -0.39 is 12.2 Å². The second kappa shape index (κ2) is 8.08. The van der Waals surface area contributed by atoms with Crippen LogP contribution in [-0.4, -0.2) is 34.3 Å². The van der Waals surface area contributed by atoms with Crippen molar-refractivity contribution in [3.05, 3.63) is 64.8 Å². The van der Waals surface area contributed by atoms with E-state index in [0.29, 0.717) is 16.8 Å². The molecule has 3 heterocycles. The van der Waals surface area contributed by atoms with Gasteiger partial charge in [0.2, 0.25) is 12.1 Å². The zero-order chi connectivity index (χ0) is 21.3. The van der Waals surface area contributed by atoms with Crippen LogP contribution in [0, 0.1) is 0 Å². The van der Waals surface area contributed by atoms with E-state index in [1.165, 1.54) is 11.8 Å². The van der Waals surface area contributed by atoms with Crippen LogP contribution in [-0.2, 0) is 14.3 Å². The number of anilines is 1. The molecule has 2 aromatic heterocycles. The Kier molecular flexibility index (Phi) is 5.33. The smallest absolute Gasteiger partial charge is 0.309 e. The number of nitrogens with one attached hydrogen (secondary N) is 1. The quantitative estimate of drug-likeness (QED) is 0.499. The molecule has 0 saturated carbocycles. The van der Waals surface area contributed by atoms with Gasteiger partial charge in [-0.1, -0.05) is 29.8 Å². The number of carbonyl (C=O) groups is 3. The van der Waals surface area contributed by atoms with Crippen molar-refractivity contribution in [3.63, 3.8) is 0 Å². The number of halogens is 1. The lowest BCUT2D eigenvalue weighted by Crippen LogP contribution is -2.32. The van der Waals surface area contributed by atoms with E-state index >= 15 is 0 Å². The van der Waals surface area contributed by atoms with Crippen LogP contribution < -0.4 is 10.2 Å². The number of nitrogens with zero attached hydrogens (tertiary/aromatic N) is 3. The maximum Gasteiger partial charge on any atom is 0.309 e. The third kappa shape index (κ3) is 3.81. The highest BCUT2D eigenvalue weighted by molar-refractivity contribution is 6.29. The third-order valence-electron chi connectivity index (χ3n) is 4.61. The molecule has 1 atom stereocenters. The molecule has 1 unspecified atom stereocenters. The fraction of sp³-hybridized carbons (Fsp3) is 0.190. The Bertz CT molecular complexity index is 1170. The number of benzene rings is 1. The van der Waals surface area contributed by atoms with Crippen molar-refractivity contribution in [1.82, 2.24) is 15.3 Å². The lowest BCUT2D eigenvalue weighted by Gasteiger charge is -2.24. The standard InChI is InChI=1S/C21H17ClN4O4/c1-12(27)23-11-10-18(28)30-21-15-5-3-2-4-14(15)20(29)26(21)17-9-7-13-6-8-16(22)24-19(13)25-17/h2-9,21H,10-11H2,1H3,(H,23,27). The molecule has 0 spiro atoms. The molecule has 1 N–H and O–H groups in total. The first-order valence-corrected chi connectivity index (χ1v) is 9.61. The normalized spacial score (nSPS) is 15.2. The van der Waals surface area contributed by atoms with Crippen LogP contribution in [0.1, 0.15) is 35.5 Å². The van der Waals surface area contributed by atoms with Gasteiger partial charge in [0.15, 0.2) is 5.65 Å². The first-order chi connectivity index (χ1) is 14.4. The molecule has 30 heavy (non-hydrogen) atoms. The number of ether oxygens (including phenoxy) is 1. The molecular weight excluding hydrogens is 408 g/mol. The lowest BCUT2D eigenvalue weighted by atomic mass is 10.1. The molecule has 0 aliphatic carbocycles. The van der Waals surface area contributed by atoms with E-state index in [4.69, 9.17) is 16.3 Å². The molecule has 4 rings (SSSR count). The van der Waals surface area contributed by atoms with Gasteiger partial charge in [0, 0.05) is 30.0 Å². The average Bonchev–Trinajstić information content (AvgIpc) is 2.99. The van der Waals surface area contributed by atoms with Crippen LogP contribution in [0.4, 0.5) is 5.82 Å². The molecule has 9 heteroatoms. The summed E-state index contributed by atoms with van der Waals surface area (Å²) in [5.41, 5.74) is 1.37. The zero-order valence-electron chi connectivity index (χ0n) is 16.0. The van der Waals surface area contributed by atoms with Gasteiger partial charge in [-0.3, -0.25) is 19.3 Å². The monoisotopic (exact) mass is 424 g/mol. The highest BCUT2D eigenvalue weighted by Gasteiger charge is 2.40. The number of rotatable bonds is 5. The number of carbonyl (C=O) groups excluding carboxylic acids is 3. The Labute approximate surface area is 176 Å². The Morgan fingerprint density at radius 2 is 1.90 bits per heavy atom. The fourth-order valence-corrected chi connectivity index (χ4v) is 3.39. The third-order valence-corrected chi connectivity index (χ3v) is 4.82. The molecule has 1 aromatic carbocycles. The molecular formula is C21H17ClN4O4. The second-order valence-corrected chi connectivity index (χ2v) is 7.07. The van der Waals surface area contributed by atoms with E-state index in [1.54, 1.807) is 48.5 Å². The predicted molar refractivity (Wildman–Crippen MR) is 110 cm³/mol. The number of esters is 1. The van der Waals surface area contributed by atoms with Gasteiger partial charge in [-0.05, 0) is 30.3 Å². The van der Waals surface area contributed by atoms with Gasteiger partial charge >= 0.3 is 5.97 Å². The van der Waals surface area contributed by atoms with Crippen molar-refractivity contribution in [2.24, 2.45) is 0 Å². The molecule has 3 aromatic rings. The van der Waals surface area contributed by atoms with Crippen LogP contribution in [0.2, 0.25) is 5.15 Å². The Morgan fingerprint density at radius 3 is 2.70 bits per heavy atom. The number of pyridine rings is 2. The predicted octanol–water partition coefficient (Wildman–Crippen LogP) is 3.01. The fourth-order valence-electron chi connectivity index (χ4n) is 3.25. The van der Waals surface area contributed by atoms with Crippen molar-refractivity contribution in [1.29, 1.82) is 0 Å². The molecule has 0 fully saturated rings. The van der Waals surface area contributed by atoms with E-state index in [2.05, 4.69) is 15.3 Å². The average molecular weight is 425 g/mol.